The first-order valence-corrected chi connectivity index (χ1v) is 9.80. The second-order valence-electron chi connectivity index (χ2n) is 7.70. The number of aromatic nitrogens is 2. The van der Waals surface area contributed by atoms with Crippen LogP contribution in [0, 0.1) is 13.8 Å². The minimum atomic E-state index is -0.101. The Morgan fingerprint density at radius 2 is 1.93 bits per heavy atom. The standard InChI is InChI=1S/C23H25N3O2/c1-5-26-20-9-8-17(12-19(20)18(13-22(26)27)16-6-7-16)23(28)25(4)21-11-14(2)10-15(3)24-21/h8-13,16H,5-7H2,1-4H3. The Bertz CT molecular complexity index is 1120. The molecule has 0 aliphatic heterocycles. The minimum Gasteiger partial charge on any atom is -0.309 e. The van der Waals surface area contributed by atoms with Gasteiger partial charge in [0.05, 0.1) is 5.52 Å². The lowest BCUT2D eigenvalue weighted by molar-refractivity contribution is 0.0992. The van der Waals surface area contributed by atoms with Crippen molar-refractivity contribution in [3.05, 3.63) is 69.1 Å². The van der Waals surface area contributed by atoms with Gasteiger partial charge in [0.1, 0.15) is 5.82 Å². The molecule has 1 amide bonds. The third-order valence-corrected chi connectivity index (χ3v) is 5.46. The molecule has 1 aliphatic rings. The molecule has 0 saturated heterocycles. The van der Waals surface area contributed by atoms with Crippen molar-refractivity contribution >= 4 is 22.6 Å². The molecule has 1 fully saturated rings. The molecule has 0 unspecified atom stereocenters. The number of aryl methyl sites for hydroxylation is 3. The highest BCUT2D eigenvalue weighted by Crippen LogP contribution is 2.42. The van der Waals surface area contributed by atoms with Gasteiger partial charge in [0, 0.05) is 36.3 Å². The molecule has 144 valence electrons. The lowest BCUT2D eigenvalue weighted by atomic mass is 10.0. The molecule has 1 aliphatic carbocycles. The Morgan fingerprint density at radius 3 is 2.57 bits per heavy atom. The number of amides is 1. The van der Waals surface area contributed by atoms with E-state index in [2.05, 4.69) is 4.98 Å². The van der Waals surface area contributed by atoms with Crippen molar-refractivity contribution in [3.63, 3.8) is 0 Å². The average molecular weight is 375 g/mol. The van der Waals surface area contributed by atoms with Crippen molar-refractivity contribution < 1.29 is 4.79 Å². The maximum absolute atomic E-state index is 13.1. The highest BCUT2D eigenvalue weighted by Gasteiger charge is 2.27. The van der Waals surface area contributed by atoms with Crippen LogP contribution in [-0.2, 0) is 6.54 Å². The molecule has 0 radical (unpaired) electrons. The summed E-state index contributed by atoms with van der Waals surface area (Å²) >= 11 is 0. The highest BCUT2D eigenvalue weighted by atomic mass is 16.2. The highest BCUT2D eigenvalue weighted by molar-refractivity contribution is 6.07. The van der Waals surface area contributed by atoms with Gasteiger partial charge < -0.3 is 4.57 Å². The molecule has 2 heterocycles. The van der Waals surface area contributed by atoms with Crippen LogP contribution in [0.5, 0.6) is 0 Å². The van der Waals surface area contributed by atoms with E-state index < -0.39 is 0 Å². The number of hydrogen-bond acceptors (Lipinski definition) is 3. The van der Waals surface area contributed by atoms with Crippen LogP contribution in [0.2, 0.25) is 0 Å². The number of rotatable bonds is 4. The molecule has 3 aromatic rings. The Morgan fingerprint density at radius 1 is 1.18 bits per heavy atom. The van der Waals surface area contributed by atoms with Crippen molar-refractivity contribution in [2.45, 2.75) is 46.1 Å². The van der Waals surface area contributed by atoms with Gasteiger partial charge in [-0.25, -0.2) is 4.98 Å². The van der Waals surface area contributed by atoms with Crippen molar-refractivity contribution in [2.24, 2.45) is 0 Å². The van der Waals surface area contributed by atoms with Crippen LogP contribution in [-0.4, -0.2) is 22.5 Å². The zero-order chi connectivity index (χ0) is 20.0. The first kappa shape index (κ1) is 18.4. The van der Waals surface area contributed by atoms with Gasteiger partial charge in [0.25, 0.3) is 11.5 Å². The number of pyridine rings is 2. The summed E-state index contributed by atoms with van der Waals surface area (Å²) in [4.78, 5) is 31.7. The largest absolute Gasteiger partial charge is 0.309 e. The van der Waals surface area contributed by atoms with Crippen LogP contribution in [0.3, 0.4) is 0 Å². The lowest BCUT2D eigenvalue weighted by Crippen LogP contribution is -2.27. The normalized spacial score (nSPS) is 13.7. The molecular weight excluding hydrogens is 350 g/mol. The molecule has 5 nitrogen and oxygen atoms in total. The summed E-state index contributed by atoms with van der Waals surface area (Å²) in [6.45, 7) is 6.51. The second kappa shape index (κ2) is 6.89. The van der Waals surface area contributed by atoms with E-state index in [1.807, 2.05) is 51.1 Å². The summed E-state index contributed by atoms with van der Waals surface area (Å²) in [6, 6.07) is 11.3. The lowest BCUT2D eigenvalue weighted by Gasteiger charge is -2.19. The van der Waals surface area contributed by atoms with Gasteiger partial charge in [0.2, 0.25) is 0 Å². The summed E-state index contributed by atoms with van der Waals surface area (Å²) in [5, 5.41) is 1.01. The molecule has 4 rings (SSSR count). The van der Waals surface area contributed by atoms with Crippen molar-refractivity contribution in [2.75, 3.05) is 11.9 Å². The number of anilines is 1. The van der Waals surface area contributed by atoms with Gasteiger partial charge in [-0.1, -0.05) is 0 Å². The second-order valence-corrected chi connectivity index (χ2v) is 7.70. The van der Waals surface area contributed by atoms with E-state index in [-0.39, 0.29) is 11.5 Å². The Balaban J connectivity index is 1.80. The predicted octanol–water partition coefficient (Wildman–Crippen LogP) is 4.19. The Labute approximate surface area is 164 Å². The molecule has 28 heavy (non-hydrogen) atoms. The number of carbonyl (C=O) groups is 1. The van der Waals surface area contributed by atoms with Crippen LogP contribution < -0.4 is 10.5 Å². The summed E-state index contributed by atoms with van der Waals surface area (Å²) in [5.74, 6) is 0.977. The minimum absolute atomic E-state index is 0.0348. The van der Waals surface area contributed by atoms with Gasteiger partial charge in [-0.2, -0.15) is 0 Å². The smallest absolute Gasteiger partial charge is 0.259 e. The fraction of sp³-hybridized carbons (Fsp3) is 0.348. The van der Waals surface area contributed by atoms with Crippen LogP contribution in [0.4, 0.5) is 5.82 Å². The number of benzene rings is 1. The maximum Gasteiger partial charge on any atom is 0.259 e. The predicted molar refractivity (Wildman–Crippen MR) is 112 cm³/mol. The van der Waals surface area contributed by atoms with Crippen molar-refractivity contribution in [1.82, 2.24) is 9.55 Å². The van der Waals surface area contributed by atoms with Crippen LogP contribution in [0.1, 0.15) is 52.9 Å². The topological polar surface area (TPSA) is 55.2 Å². The van der Waals surface area contributed by atoms with Crippen LogP contribution >= 0.6 is 0 Å². The quantitative estimate of drug-likeness (QED) is 0.687. The summed E-state index contributed by atoms with van der Waals surface area (Å²) in [6.07, 6.45) is 2.21. The van der Waals surface area contributed by atoms with Crippen LogP contribution in [0.25, 0.3) is 10.9 Å². The van der Waals surface area contributed by atoms with Gasteiger partial charge in [-0.3, -0.25) is 14.5 Å². The molecular formula is C23H25N3O2. The average Bonchev–Trinajstić information content (AvgIpc) is 3.50. The van der Waals surface area contributed by atoms with Gasteiger partial charge in [0.15, 0.2) is 0 Å². The van der Waals surface area contributed by atoms with E-state index >= 15 is 0 Å². The third-order valence-electron chi connectivity index (χ3n) is 5.46. The summed E-state index contributed by atoms with van der Waals surface area (Å²) < 4.78 is 1.77. The first-order valence-electron chi connectivity index (χ1n) is 9.80. The third kappa shape index (κ3) is 3.21. The number of hydrogen-bond donors (Lipinski definition) is 0. The molecule has 5 heteroatoms. The SMILES string of the molecule is CCn1c(=O)cc(C2CC2)c2cc(C(=O)N(C)c3cc(C)cc(C)n3)ccc21. The summed E-state index contributed by atoms with van der Waals surface area (Å²) in [7, 11) is 1.75. The van der Waals surface area contributed by atoms with Crippen LogP contribution in [0.15, 0.2) is 41.2 Å². The monoisotopic (exact) mass is 375 g/mol. The zero-order valence-corrected chi connectivity index (χ0v) is 16.8. The maximum atomic E-state index is 13.1. The molecule has 0 N–H and O–H groups in total. The van der Waals surface area contributed by atoms with E-state index in [4.69, 9.17) is 0 Å². The number of fused-ring (bicyclic) bond motifs is 1. The van der Waals surface area contributed by atoms with E-state index in [1.54, 1.807) is 22.6 Å². The van der Waals surface area contributed by atoms with E-state index in [0.717, 1.165) is 40.6 Å². The van der Waals surface area contributed by atoms with E-state index in [9.17, 15) is 9.59 Å². The van der Waals surface area contributed by atoms with Crippen molar-refractivity contribution in [1.29, 1.82) is 0 Å². The number of carbonyl (C=O) groups excluding carboxylic acids is 1. The fourth-order valence-corrected chi connectivity index (χ4v) is 3.89. The molecule has 0 atom stereocenters. The Hall–Kier alpha value is -2.95. The van der Waals surface area contributed by atoms with Gasteiger partial charge >= 0.3 is 0 Å². The number of nitrogens with zero attached hydrogens (tertiary/aromatic N) is 3. The molecule has 1 saturated carbocycles. The summed E-state index contributed by atoms with van der Waals surface area (Å²) in [5.41, 5.74) is 4.58. The van der Waals surface area contributed by atoms with E-state index in [0.29, 0.717) is 23.8 Å². The van der Waals surface area contributed by atoms with Gasteiger partial charge in [-0.05, 0) is 81.0 Å². The molecule has 2 aromatic heterocycles. The first-order chi connectivity index (χ1) is 13.4. The Kier molecular flexibility index (Phi) is 4.53. The molecule has 0 spiro atoms. The van der Waals surface area contributed by atoms with Gasteiger partial charge in [-0.15, -0.1) is 0 Å². The van der Waals surface area contributed by atoms with E-state index in [1.165, 1.54) is 0 Å². The van der Waals surface area contributed by atoms with Crippen molar-refractivity contribution in [3.8, 4) is 0 Å². The zero-order valence-electron chi connectivity index (χ0n) is 16.8. The molecule has 1 aromatic carbocycles. The fourth-order valence-electron chi connectivity index (χ4n) is 3.89. The molecule has 0 bridgehead atoms.